The molecule has 0 aliphatic heterocycles. The minimum atomic E-state index is 0.249. The topological polar surface area (TPSA) is 49.8 Å². The van der Waals surface area contributed by atoms with E-state index < -0.39 is 0 Å². The summed E-state index contributed by atoms with van der Waals surface area (Å²) in [6.07, 6.45) is 5.94. The second kappa shape index (κ2) is 8.48. The number of nitrogens with zero attached hydrogens (tertiary/aromatic N) is 1. The van der Waals surface area contributed by atoms with Crippen molar-refractivity contribution in [2.75, 3.05) is 26.8 Å². The average molecular weight is 257 g/mol. The number of carbonyl (C=O) groups is 1. The molecule has 18 heavy (non-hydrogen) atoms. The summed E-state index contributed by atoms with van der Waals surface area (Å²) in [5.74, 6) is 0.771. The molecule has 0 aromatic carbocycles. The molecule has 1 amide bonds. The molecule has 1 aliphatic rings. The zero-order valence-electron chi connectivity index (χ0n) is 11.7. The van der Waals surface area contributed by atoms with E-state index in [4.69, 9.17) is 9.84 Å². The minimum Gasteiger partial charge on any atom is -0.396 e. The van der Waals surface area contributed by atoms with Gasteiger partial charge in [-0.05, 0) is 44.9 Å². The van der Waals surface area contributed by atoms with Crippen molar-refractivity contribution in [3.63, 3.8) is 0 Å². The molecule has 4 nitrogen and oxygen atoms in total. The van der Waals surface area contributed by atoms with Crippen LogP contribution in [-0.2, 0) is 9.53 Å². The summed E-state index contributed by atoms with van der Waals surface area (Å²) in [4.78, 5) is 13.7. The summed E-state index contributed by atoms with van der Waals surface area (Å²) in [6, 6.07) is 0. The van der Waals surface area contributed by atoms with Crippen LogP contribution in [0.1, 0.15) is 45.4 Å². The second-order valence-electron chi connectivity index (χ2n) is 5.22. The van der Waals surface area contributed by atoms with Crippen LogP contribution < -0.4 is 0 Å². The standard InChI is InChI=1S/C14H27NO3/c1-3-18-13-9-12(10-13)11-14(17)15(2)7-5-4-6-8-16/h12-13,16H,3-11H2,1-2H3. The Balaban J connectivity index is 2.06. The third-order valence-corrected chi connectivity index (χ3v) is 3.64. The smallest absolute Gasteiger partial charge is 0.222 e. The van der Waals surface area contributed by atoms with Crippen LogP contribution in [0.25, 0.3) is 0 Å². The Morgan fingerprint density at radius 1 is 1.33 bits per heavy atom. The van der Waals surface area contributed by atoms with Gasteiger partial charge in [0.1, 0.15) is 0 Å². The van der Waals surface area contributed by atoms with Crippen molar-refractivity contribution in [3.05, 3.63) is 0 Å². The molecule has 0 spiro atoms. The summed E-state index contributed by atoms with van der Waals surface area (Å²) in [7, 11) is 1.87. The molecular weight excluding hydrogens is 230 g/mol. The maximum Gasteiger partial charge on any atom is 0.222 e. The number of hydrogen-bond donors (Lipinski definition) is 1. The number of amides is 1. The predicted molar refractivity (Wildman–Crippen MR) is 71.3 cm³/mol. The molecule has 0 bridgehead atoms. The summed E-state index contributed by atoms with van der Waals surface area (Å²) >= 11 is 0. The van der Waals surface area contributed by atoms with Crippen molar-refractivity contribution in [2.24, 2.45) is 5.92 Å². The molecule has 106 valence electrons. The Morgan fingerprint density at radius 2 is 2.06 bits per heavy atom. The fraction of sp³-hybridized carbons (Fsp3) is 0.929. The monoisotopic (exact) mass is 257 g/mol. The van der Waals surface area contributed by atoms with Crippen LogP contribution in [0.3, 0.4) is 0 Å². The minimum absolute atomic E-state index is 0.249. The number of rotatable bonds is 9. The SMILES string of the molecule is CCOC1CC(CC(=O)N(C)CCCCCO)C1. The quantitative estimate of drug-likeness (QED) is 0.641. The van der Waals surface area contributed by atoms with E-state index in [1.165, 1.54) is 0 Å². The van der Waals surface area contributed by atoms with E-state index in [-0.39, 0.29) is 12.5 Å². The van der Waals surface area contributed by atoms with E-state index in [9.17, 15) is 4.79 Å². The zero-order valence-corrected chi connectivity index (χ0v) is 11.7. The van der Waals surface area contributed by atoms with Crippen LogP contribution in [0.15, 0.2) is 0 Å². The van der Waals surface area contributed by atoms with Crippen LogP contribution in [0.2, 0.25) is 0 Å². The maximum atomic E-state index is 11.9. The van der Waals surface area contributed by atoms with Crippen molar-refractivity contribution in [1.29, 1.82) is 0 Å². The van der Waals surface area contributed by atoms with Gasteiger partial charge in [-0.25, -0.2) is 0 Å². The summed E-state index contributed by atoms with van der Waals surface area (Å²) < 4.78 is 5.49. The third kappa shape index (κ3) is 5.36. The number of ether oxygens (including phenoxy) is 1. The summed E-state index contributed by atoms with van der Waals surface area (Å²) in [6.45, 7) is 3.84. The number of hydrogen-bond acceptors (Lipinski definition) is 3. The largest absolute Gasteiger partial charge is 0.396 e. The van der Waals surface area contributed by atoms with Crippen LogP contribution in [0, 0.1) is 5.92 Å². The normalized spacial score (nSPS) is 22.6. The first-order valence-electron chi connectivity index (χ1n) is 7.13. The van der Waals surface area contributed by atoms with Gasteiger partial charge in [-0.1, -0.05) is 0 Å². The maximum absolute atomic E-state index is 11.9. The molecule has 0 saturated heterocycles. The summed E-state index contributed by atoms with van der Waals surface area (Å²) in [5.41, 5.74) is 0. The Bertz CT molecular complexity index is 239. The van der Waals surface area contributed by atoms with E-state index in [0.717, 1.165) is 45.3 Å². The first-order valence-corrected chi connectivity index (χ1v) is 7.13. The van der Waals surface area contributed by atoms with E-state index in [1.54, 1.807) is 0 Å². The fourth-order valence-electron chi connectivity index (χ4n) is 2.38. The highest BCUT2D eigenvalue weighted by atomic mass is 16.5. The molecule has 0 unspecified atom stereocenters. The predicted octanol–water partition coefficient (Wildman–Crippen LogP) is 1.81. The summed E-state index contributed by atoms with van der Waals surface area (Å²) in [5, 5.41) is 8.68. The molecule has 1 N–H and O–H groups in total. The van der Waals surface area contributed by atoms with E-state index in [2.05, 4.69) is 0 Å². The van der Waals surface area contributed by atoms with Gasteiger partial charge in [-0.15, -0.1) is 0 Å². The molecule has 0 heterocycles. The van der Waals surface area contributed by atoms with Gasteiger partial charge in [-0.2, -0.15) is 0 Å². The van der Waals surface area contributed by atoms with E-state index in [0.29, 0.717) is 18.4 Å². The van der Waals surface area contributed by atoms with Gasteiger partial charge in [0.2, 0.25) is 5.91 Å². The number of unbranched alkanes of at least 4 members (excludes halogenated alkanes) is 2. The van der Waals surface area contributed by atoms with Gasteiger partial charge in [0, 0.05) is 33.2 Å². The molecule has 1 saturated carbocycles. The lowest BCUT2D eigenvalue weighted by molar-refractivity contribution is -0.133. The third-order valence-electron chi connectivity index (χ3n) is 3.64. The number of carbonyl (C=O) groups excluding carboxylic acids is 1. The number of aliphatic hydroxyl groups is 1. The van der Waals surface area contributed by atoms with Crippen molar-refractivity contribution < 1.29 is 14.6 Å². The van der Waals surface area contributed by atoms with Crippen molar-refractivity contribution >= 4 is 5.91 Å². The van der Waals surface area contributed by atoms with E-state index in [1.807, 2.05) is 18.9 Å². The first kappa shape index (κ1) is 15.4. The lowest BCUT2D eigenvalue weighted by atomic mass is 9.80. The van der Waals surface area contributed by atoms with Crippen molar-refractivity contribution in [1.82, 2.24) is 4.90 Å². The van der Waals surface area contributed by atoms with Gasteiger partial charge in [0.15, 0.2) is 0 Å². The highest BCUT2D eigenvalue weighted by molar-refractivity contribution is 5.76. The average Bonchev–Trinajstić information content (AvgIpc) is 2.31. The van der Waals surface area contributed by atoms with E-state index >= 15 is 0 Å². The number of aliphatic hydroxyl groups excluding tert-OH is 1. The molecule has 1 rings (SSSR count). The molecule has 0 radical (unpaired) electrons. The highest BCUT2D eigenvalue weighted by Gasteiger charge is 2.31. The van der Waals surface area contributed by atoms with Crippen molar-refractivity contribution in [2.45, 2.75) is 51.6 Å². The van der Waals surface area contributed by atoms with Crippen LogP contribution in [-0.4, -0.2) is 48.8 Å². The Morgan fingerprint density at radius 3 is 2.67 bits per heavy atom. The first-order chi connectivity index (χ1) is 8.67. The van der Waals surface area contributed by atoms with Gasteiger partial charge in [-0.3, -0.25) is 4.79 Å². The van der Waals surface area contributed by atoms with Gasteiger partial charge in [0.05, 0.1) is 6.10 Å². The molecule has 1 fully saturated rings. The van der Waals surface area contributed by atoms with Crippen LogP contribution in [0.4, 0.5) is 0 Å². The van der Waals surface area contributed by atoms with Crippen molar-refractivity contribution in [3.8, 4) is 0 Å². The molecule has 0 aromatic heterocycles. The Hall–Kier alpha value is -0.610. The Labute approximate surface area is 110 Å². The molecule has 4 heteroatoms. The van der Waals surface area contributed by atoms with Gasteiger partial charge in [0.25, 0.3) is 0 Å². The molecule has 0 aromatic rings. The Kier molecular flexibility index (Phi) is 7.28. The lowest BCUT2D eigenvalue weighted by Crippen LogP contribution is -2.36. The zero-order chi connectivity index (χ0) is 13.4. The van der Waals surface area contributed by atoms with Gasteiger partial charge < -0.3 is 14.7 Å². The van der Waals surface area contributed by atoms with Crippen LogP contribution in [0.5, 0.6) is 0 Å². The van der Waals surface area contributed by atoms with Gasteiger partial charge >= 0.3 is 0 Å². The molecular formula is C14H27NO3. The fourth-order valence-corrected chi connectivity index (χ4v) is 2.38. The second-order valence-corrected chi connectivity index (χ2v) is 5.22. The highest BCUT2D eigenvalue weighted by Crippen LogP contribution is 2.32. The lowest BCUT2D eigenvalue weighted by Gasteiger charge is -2.35. The molecule has 0 atom stereocenters. The van der Waals surface area contributed by atoms with Crippen LogP contribution >= 0.6 is 0 Å². The molecule has 1 aliphatic carbocycles.